The number of hydrogen-bond donors (Lipinski definition) is 2. The number of hydrogen-bond acceptors (Lipinski definition) is 8. The van der Waals surface area contributed by atoms with Crippen molar-refractivity contribution in [1.29, 1.82) is 0 Å². The predicted molar refractivity (Wildman–Crippen MR) is 119 cm³/mol. The molecule has 1 atom stereocenters. The van der Waals surface area contributed by atoms with Crippen molar-refractivity contribution in [3.8, 4) is 11.6 Å². The van der Waals surface area contributed by atoms with Crippen LogP contribution in [-0.2, 0) is 9.47 Å². The number of alkyl halides is 3. The van der Waals surface area contributed by atoms with E-state index in [4.69, 9.17) is 18.9 Å². The molecule has 1 unspecified atom stereocenters. The molecule has 1 fully saturated rings. The molecule has 2 aromatic heterocycles. The van der Waals surface area contributed by atoms with Crippen LogP contribution in [0, 0.1) is 0 Å². The van der Waals surface area contributed by atoms with E-state index in [-0.39, 0.29) is 43.6 Å². The molecule has 0 aliphatic carbocycles. The Balaban J connectivity index is 1.62. The van der Waals surface area contributed by atoms with Crippen LogP contribution in [-0.4, -0.2) is 79.8 Å². The second-order valence-electron chi connectivity index (χ2n) is 7.61. The molecule has 0 spiro atoms. The van der Waals surface area contributed by atoms with E-state index < -0.39 is 12.2 Å². The number of nitrogens with one attached hydrogen (secondary N) is 2. The van der Waals surface area contributed by atoms with Crippen molar-refractivity contribution in [2.24, 2.45) is 0 Å². The van der Waals surface area contributed by atoms with Crippen molar-refractivity contribution in [3.63, 3.8) is 0 Å². The molecule has 9 nitrogen and oxygen atoms in total. The summed E-state index contributed by atoms with van der Waals surface area (Å²) in [6, 6.07) is 4.38. The molecule has 3 aromatic rings. The van der Waals surface area contributed by atoms with Crippen LogP contribution in [0.4, 0.5) is 24.8 Å². The zero-order chi connectivity index (χ0) is 24.1. The standard InChI is InChI=1S/C22H26F3N5O4/c1-31-11-12-34-20-15-5-6-26-19(15)28-21(29-20)27-16-4-3-14(13-17(16)32-2)18(22(23,24)25)30-7-9-33-10-8-30/h3-6,13,18H,7-12H2,1-2H3,(H2,26,27,28,29). The molecule has 1 aromatic carbocycles. The van der Waals surface area contributed by atoms with Gasteiger partial charge in [-0.2, -0.15) is 23.1 Å². The van der Waals surface area contributed by atoms with Gasteiger partial charge in [-0.25, -0.2) is 0 Å². The van der Waals surface area contributed by atoms with Gasteiger partial charge in [0, 0.05) is 26.4 Å². The second kappa shape index (κ2) is 10.5. The highest BCUT2D eigenvalue weighted by molar-refractivity contribution is 5.82. The van der Waals surface area contributed by atoms with Crippen LogP contribution in [0.3, 0.4) is 0 Å². The van der Waals surface area contributed by atoms with Gasteiger partial charge in [0.25, 0.3) is 0 Å². The smallest absolute Gasteiger partial charge is 0.408 e. The minimum atomic E-state index is -4.45. The van der Waals surface area contributed by atoms with Crippen LogP contribution in [0.25, 0.3) is 11.0 Å². The van der Waals surface area contributed by atoms with Crippen molar-refractivity contribution >= 4 is 22.7 Å². The van der Waals surface area contributed by atoms with E-state index in [0.29, 0.717) is 35.8 Å². The lowest BCUT2D eigenvalue weighted by molar-refractivity contribution is -0.194. The number of benzene rings is 1. The van der Waals surface area contributed by atoms with E-state index in [2.05, 4.69) is 20.3 Å². The average Bonchev–Trinajstić information content (AvgIpc) is 3.29. The van der Waals surface area contributed by atoms with E-state index in [0.717, 1.165) is 0 Å². The Bertz CT molecular complexity index is 1100. The van der Waals surface area contributed by atoms with Crippen molar-refractivity contribution in [2.45, 2.75) is 12.2 Å². The van der Waals surface area contributed by atoms with E-state index >= 15 is 0 Å². The predicted octanol–water partition coefficient (Wildman–Crippen LogP) is 3.67. The minimum Gasteiger partial charge on any atom is -0.495 e. The molecule has 0 amide bonds. The summed E-state index contributed by atoms with van der Waals surface area (Å²) in [6.07, 6.45) is -2.74. The monoisotopic (exact) mass is 481 g/mol. The third-order valence-electron chi connectivity index (χ3n) is 5.42. The molecule has 1 aliphatic heterocycles. The summed E-state index contributed by atoms with van der Waals surface area (Å²) in [5, 5.41) is 3.72. The van der Waals surface area contributed by atoms with Crippen molar-refractivity contribution in [2.75, 3.05) is 59.1 Å². The van der Waals surface area contributed by atoms with Crippen LogP contribution in [0.1, 0.15) is 11.6 Å². The van der Waals surface area contributed by atoms with Crippen LogP contribution < -0.4 is 14.8 Å². The van der Waals surface area contributed by atoms with Gasteiger partial charge in [0.05, 0.1) is 38.0 Å². The van der Waals surface area contributed by atoms with Crippen molar-refractivity contribution in [1.82, 2.24) is 19.9 Å². The summed E-state index contributed by atoms with van der Waals surface area (Å²) in [5.41, 5.74) is 1.05. The van der Waals surface area contributed by atoms with Gasteiger partial charge in [0.2, 0.25) is 11.8 Å². The molecule has 184 valence electrons. The SMILES string of the molecule is COCCOc1nc(Nc2ccc(C(N3CCOCC3)C(F)(F)F)cc2OC)nc2[nH]ccc12. The van der Waals surface area contributed by atoms with Crippen LogP contribution >= 0.6 is 0 Å². The van der Waals surface area contributed by atoms with Crippen LogP contribution in [0.2, 0.25) is 0 Å². The lowest BCUT2D eigenvalue weighted by Crippen LogP contribution is -2.44. The van der Waals surface area contributed by atoms with Gasteiger partial charge in [0.15, 0.2) is 0 Å². The van der Waals surface area contributed by atoms with Gasteiger partial charge >= 0.3 is 6.18 Å². The number of nitrogens with zero attached hydrogens (tertiary/aromatic N) is 3. The highest BCUT2D eigenvalue weighted by Crippen LogP contribution is 2.41. The first kappa shape index (κ1) is 24.0. The maximum atomic E-state index is 14.0. The van der Waals surface area contributed by atoms with Crippen LogP contribution in [0.5, 0.6) is 11.6 Å². The molecule has 12 heteroatoms. The number of aromatic nitrogens is 3. The highest BCUT2D eigenvalue weighted by Gasteiger charge is 2.45. The van der Waals surface area contributed by atoms with Crippen LogP contribution in [0.15, 0.2) is 30.5 Å². The molecular weight excluding hydrogens is 455 g/mol. The average molecular weight is 481 g/mol. The molecule has 4 rings (SSSR count). The van der Waals surface area contributed by atoms with Gasteiger partial charge < -0.3 is 29.2 Å². The van der Waals surface area contributed by atoms with Crippen molar-refractivity contribution in [3.05, 3.63) is 36.0 Å². The number of rotatable bonds is 9. The van der Waals surface area contributed by atoms with Gasteiger partial charge in [-0.05, 0) is 23.8 Å². The fourth-order valence-corrected chi connectivity index (χ4v) is 3.84. The normalized spacial score (nSPS) is 15.9. The Morgan fingerprint density at radius 1 is 1.15 bits per heavy atom. The first-order chi connectivity index (χ1) is 16.4. The van der Waals surface area contributed by atoms with E-state index in [1.165, 1.54) is 30.2 Å². The maximum Gasteiger partial charge on any atom is 0.408 e. The van der Waals surface area contributed by atoms with Gasteiger partial charge in [-0.1, -0.05) is 6.07 Å². The summed E-state index contributed by atoms with van der Waals surface area (Å²) >= 11 is 0. The van der Waals surface area contributed by atoms with Gasteiger partial charge in [-0.15, -0.1) is 0 Å². The number of halogens is 3. The first-order valence-corrected chi connectivity index (χ1v) is 10.7. The molecule has 2 N–H and O–H groups in total. The third-order valence-corrected chi connectivity index (χ3v) is 5.42. The second-order valence-corrected chi connectivity index (χ2v) is 7.61. The van der Waals surface area contributed by atoms with E-state index in [1.54, 1.807) is 19.4 Å². The zero-order valence-electron chi connectivity index (χ0n) is 18.8. The summed E-state index contributed by atoms with van der Waals surface area (Å²) in [4.78, 5) is 13.2. The van der Waals surface area contributed by atoms with E-state index in [1.807, 2.05) is 0 Å². The molecular formula is C22H26F3N5O4. The molecule has 3 heterocycles. The largest absolute Gasteiger partial charge is 0.495 e. The topological polar surface area (TPSA) is 93.8 Å². The Morgan fingerprint density at radius 3 is 2.65 bits per heavy atom. The number of methoxy groups -OCH3 is 2. The minimum absolute atomic E-state index is 0.0844. The molecule has 1 saturated heterocycles. The summed E-state index contributed by atoms with van der Waals surface area (Å²) in [7, 11) is 2.97. The third kappa shape index (κ3) is 5.34. The number of aromatic amines is 1. The quantitative estimate of drug-likeness (QED) is 0.447. The van der Waals surface area contributed by atoms with E-state index in [9.17, 15) is 13.2 Å². The highest BCUT2D eigenvalue weighted by atomic mass is 19.4. The maximum absolute atomic E-state index is 14.0. The molecule has 0 radical (unpaired) electrons. The number of ether oxygens (including phenoxy) is 4. The zero-order valence-corrected chi connectivity index (χ0v) is 18.8. The first-order valence-electron chi connectivity index (χ1n) is 10.7. The number of H-pyrrole nitrogens is 1. The summed E-state index contributed by atoms with van der Waals surface area (Å²) in [5.74, 6) is 0.789. The Hall–Kier alpha value is -3.09. The number of fused-ring (bicyclic) bond motifs is 1. The van der Waals surface area contributed by atoms with Crippen molar-refractivity contribution < 1.29 is 32.1 Å². The lowest BCUT2D eigenvalue weighted by atomic mass is 10.0. The Kier molecular flexibility index (Phi) is 7.39. The number of anilines is 2. The Morgan fingerprint density at radius 2 is 1.94 bits per heavy atom. The fraction of sp³-hybridized carbons (Fsp3) is 0.455. The van der Waals surface area contributed by atoms with Gasteiger partial charge in [0.1, 0.15) is 24.0 Å². The number of morpholine rings is 1. The summed E-state index contributed by atoms with van der Waals surface area (Å²) in [6.45, 7) is 1.60. The van der Waals surface area contributed by atoms with Gasteiger partial charge in [-0.3, -0.25) is 4.90 Å². The lowest BCUT2D eigenvalue weighted by Gasteiger charge is -2.36. The Labute approximate surface area is 194 Å². The summed E-state index contributed by atoms with van der Waals surface area (Å²) < 4.78 is 63.3. The fourth-order valence-electron chi connectivity index (χ4n) is 3.84. The molecule has 1 aliphatic rings. The molecule has 34 heavy (non-hydrogen) atoms. The molecule has 0 bridgehead atoms. The molecule has 0 saturated carbocycles.